The van der Waals surface area contributed by atoms with Gasteiger partial charge in [-0.1, -0.05) is 71.8 Å². The Labute approximate surface area is 199 Å². The van der Waals surface area contributed by atoms with Gasteiger partial charge in [-0.25, -0.2) is 4.68 Å². The van der Waals surface area contributed by atoms with E-state index in [1.165, 1.54) is 4.68 Å². The number of nitrogens with zero attached hydrogens (tertiary/aromatic N) is 3. The van der Waals surface area contributed by atoms with Crippen molar-refractivity contribution in [2.75, 3.05) is 5.32 Å². The predicted molar refractivity (Wildman–Crippen MR) is 126 cm³/mol. The molecule has 0 bridgehead atoms. The predicted octanol–water partition coefficient (Wildman–Crippen LogP) is 6.47. The molecule has 3 heterocycles. The zero-order chi connectivity index (χ0) is 24.3. The van der Waals surface area contributed by atoms with E-state index < -0.39 is 24.1 Å². The number of ether oxygens (including phenoxy) is 1. The summed E-state index contributed by atoms with van der Waals surface area (Å²) in [4.78, 5) is 3.83. The molecular weight excluding hydrogens is 453 g/mol. The van der Waals surface area contributed by atoms with Crippen molar-refractivity contribution in [2.24, 2.45) is 0 Å². The van der Waals surface area contributed by atoms with Crippen molar-refractivity contribution in [1.29, 1.82) is 0 Å². The fourth-order valence-electron chi connectivity index (χ4n) is 4.68. The summed E-state index contributed by atoms with van der Waals surface area (Å²) in [5.41, 5.74) is 6.09. The summed E-state index contributed by atoms with van der Waals surface area (Å²) in [6.45, 7) is 3.97. The number of hydrogen-bond donors (Lipinski definition) is 1. The molecule has 0 amide bonds. The minimum absolute atomic E-state index is 0.0426. The highest BCUT2D eigenvalue weighted by Gasteiger charge is 2.44. The smallest absolute Gasteiger partial charge is 0.453 e. The summed E-state index contributed by atoms with van der Waals surface area (Å²) in [7, 11) is 0. The van der Waals surface area contributed by atoms with Gasteiger partial charge in [-0.05, 0) is 37.1 Å². The van der Waals surface area contributed by atoms with Crippen molar-refractivity contribution in [3.63, 3.8) is 0 Å². The first kappa shape index (κ1) is 21.5. The topological polar surface area (TPSA) is 52.0 Å². The van der Waals surface area contributed by atoms with E-state index in [0.29, 0.717) is 11.4 Å². The summed E-state index contributed by atoms with van der Waals surface area (Å²) in [5.74, 6) is -0.491. The van der Waals surface area contributed by atoms with Gasteiger partial charge in [0.25, 0.3) is 5.82 Å². The molecule has 0 saturated heterocycles. The number of anilines is 1. The quantitative estimate of drug-likeness (QED) is 0.362. The molecule has 2 aliphatic rings. The van der Waals surface area contributed by atoms with Crippen LogP contribution >= 0.6 is 0 Å². The van der Waals surface area contributed by atoms with Crippen LogP contribution in [0.15, 0.2) is 78.4 Å². The van der Waals surface area contributed by atoms with Crippen molar-refractivity contribution in [3.8, 4) is 5.75 Å². The monoisotopic (exact) mass is 474 g/mol. The maximum absolute atomic E-state index is 13.6. The Morgan fingerprint density at radius 1 is 0.857 bits per heavy atom. The van der Waals surface area contributed by atoms with E-state index in [1.807, 2.05) is 86.6 Å². The van der Waals surface area contributed by atoms with Crippen LogP contribution in [0.25, 0.3) is 5.70 Å². The molecule has 5 nitrogen and oxygen atoms in total. The Kier molecular flexibility index (Phi) is 4.74. The molecule has 2 atom stereocenters. The van der Waals surface area contributed by atoms with Crippen molar-refractivity contribution >= 4 is 11.6 Å². The molecule has 6 rings (SSSR count). The van der Waals surface area contributed by atoms with E-state index >= 15 is 0 Å². The third kappa shape index (κ3) is 3.56. The van der Waals surface area contributed by atoms with E-state index in [0.717, 1.165) is 33.4 Å². The number of alkyl halides is 3. The highest BCUT2D eigenvalue weighted by Crippen LogP contribution is 2.51. The zero-order valence-corrected chi connectivity index (χ0v) is 19.0. The zero-order valence-electron chi connectivity index (χ0n) is 19.0. The lowest BCUT2D eigenvalue weighted by Gasteiger charge is -2.39. The highest BCUT2D eigenvalue weighted by molar-refractivity contribution is 5.85. The molecular formula is C27H21F3N4O. The Morgan fingerprint density at radius 2 is 1.49 bits per heavy atom. The molecule has 1 N–H and O–H groups in total. The molecule has 0 unspecified atom stereocenters. The maximum Gasteiger partial charge on any atom is 0.453 e. The number of para-hydroxylation sites is 1. The summed E-state index contributed by atoms with van der Waals surface area (Å²) >= 11 is 0. The number of aromatic nitrogens is 3. The normalized spacial score (nSPS) is 18.8. The SMILES string of the molecule is Cc1ccc([C@@H]2Oc3ccccc3C3=C2[C@@H](c2ccc(C)cc2)n2nc(C(F)(F)F)nc2N3)cc1. The third-order valence-electron chi connectivity index (χ3n) is 6.41. The van der Waals surface area contributed by atoms with Crippen LogP contribution in [0.2, 0.25) is 0 Å². The maximum atomic E-state index is 13.6. The van der Waals surface area contributed by atoms with Gasteiger partial charge < -0.3 is 10.1 Å². The van der Waals surface area contributed by atoms with Crippen LogP contribution in [0.3, 0.4) is 0 Å². The Bertz CT molecular complexity index is 1450. The van der Waals surface area contributed by atoms with Crippen molar-refractivity contribution in [3.05, 3.63) is 112 Å². The lowest BCUT2D eigenvalue weighted by atomic mass is 9.84. The van der Waals surface area contributed by atoms with Crippen molar-refractivity contribution in [2.45, 2.75) is 32.2 Å². The van der Waals surface area contributed by atoms with Crippen molar-refractivity contribution in [1.82, 2.24) is 14.8 Å². The van der Waals surface area contributed by atoms with Gasteiger partial charge >= 0.3 is 6.18 Å². The van der Waals surface area contributed by atoms with Crippen LogP contribution in [-0.2, 0) is 6.18 Å². The third-order valence-corrected chi connectivity index (χ3v) is 6.41. The molecule has 0 radical (unpaired) electrons. The molecule has 1 aromatic heterocycles. The second kappa shape index (κ2) is 7.73. The van der Waals surface area contributed by atoms with Crippen LogP contribution in [0, 0.1) is 13.8 Å². The second-order valence-electron chi connectivity index (χ2n) is 8.87. The first-order valence-electron chi connectivity index (χ1n) is 11.2. The van der Waals surface area contributed by atoms with Gasteiger partial charge in [0.2, 0.25) is 5.95 Å². The second-order valence-corrected chi connectivity index (χ2v) is 8.87. The molecule has 0 fully saturated rings. The highest BCUT2D eigenvalue weighted by atomic mass is 19.4. The first-order chi connectivity index (χ1) is 16.8. The van der Waals surface area contributed by atoms with Crippen LogP contribution in [-0.4, -0.2) is 14.8 Å². The van der Waals surface area contributed by atoms with E-state index in [-0.39, 0.29) is 5.95 Å². The lowest BCUT2D eigenvalue weighted by Crippen LogP contribution is -2.32. The Morgan fingerprint density at radius 3 is 2.14 bits per heavy atom. The summed E-state index contributed by atoms with van der Waals surface area (Å²) in [6, 6.07) is 22.6. The fraction of sp³-hybridized carbons (Fsp3) is 0.185. The molecule has 4 aromatic rings. The number of hydrogen-bond acceptors (Lipinski definition) is 4. The molecule has 35 heavy (non-hydrogen) atoms. The van der Waals surface area contributed by atoms with Gasteiger partial charge in [0, 0.05) is 11.1 Å². The molecule has 176 valence electrons. The van der Waals surface area contributed by atoms with Crippen LogP contribution in [0.5, 0.6) is 5.75 Å². The molecule has 8 heteroatoms. The van der Waals surface area contributed by atoms with Gasteiger partial charge in [0.05, 0.1) is 5.70 Å². The summed E-state index contributed by atoms with van der Waals surface area (Å²) < 4.78 is 48.8. The van der Waals surface area contributed by atoms with E-state index in [1.54, 1.807) is 0 Å². The number of halogens is 3. The average Bonchev–Trinajstić information content (AvgIpc) is 3.28. The minimum Gasteiger partial charge on any atom is -0.480 e. The average molecular weight is 474 g/mol. The number of nitrogens with one attached hydrogen (secondary N) is 1. The van der Waals surface area contributed by atoms with Gasteiger partial charge in [0.1, 0.15) is 17.9 Å². The number of aryl methyl sites for hydroxylation is 2. The standard InChI is InChI=1S/C27H21F3N4O/c1-15-7-11-17(12-8-15)23-21-22(31-26-32-25(27(28,29)30)33-34(23)26)19-5-3-4-6-20(19)35-24(21)18-13-9-16(2)10-14-18/h3-14,23-24H,1-2H3,(H,31,32,33)/t23-,24+/m1/s1. The lowest BCUT2D eigenvalue weighted by molar-refractivity contribution is -0.145. The Hall–Kier alpha value is -4.07. The van der Waals surface area contributed by atoms with Gasteiger partial charge in [-0.15, -0.1) is 5.10 Å². The van der Waals surface area contributed by atoms with Gasteiger partial charge in [-0.2, -0.15) is 18.2 Å². The number of fused-ring (bicyclic) bond motifs is 3. The first-order valence-corrected chi connectivity index (χ1v) is 11.2. The molecule has 2 aliphatic heterocycles. The molecule has 3 aromatic carbocycles. The Balaban J connectivity index is 1.63. The summed E-state index contributed by atoms with van der Waals surface area (Å²) in [6.07, 6.45) is -5.21. The fourth-order valence-corrected chi connectivity index (χ4v) is 4.68. The largest absolute Gasteiger partial charge is 0.480 e. The van der Waals surface area contributed by atoms with E-state index in [2.05, 4.69) is 15.4 Å². The van der Waals surface area contributed by atoms with E-state index in [4.69, 9.17) is 4.74 Å². The van der Waals surface area contributed by atoms with Gasteiger partial charge in [-0.3, -0.25) is 0 Å². The minimum atomic E-state index is -4.67. The molecule has 0 spiro atoms. The van der Waals surface area contributed by atoms with E-state index in [9.17, 15) is 13.2 Å². The van der Waals surface area contributed by atoms with Crippen LogP contribution in [0.1, 0.15) is 45.8 Å². The van der Waals surface area contributed by atoms with Crippen LogP contribution in [0.4, 0.5) is 19.1 Å². The molecule has 0 aliphatic carbocycles. The number of rotatable bonds is 2. The number of benzene rings is 3. The summed E-state index contributed by atoms with van der Waals surface area (Å²) in [5, 5.41) is 7.08. The van der Waals surface area contributed by atoms with Crippen molar-refractivity contribution < 1.29 is 17.9 Å². The molecule has 0 saturated carbocycles. The van der Waals surface area contributed by atoms with Crippen LogP contribution < -0.4 is 10.1 Å². The van der Waals surface area contributed by atoms with Gasteiger partial charge in [0.15, 0.2) is 0 Å².